The normalized spacial score (nSPS) is 17.0. The summed E-state index contributed by atoms with van der Waals surface area (Å²) >= 11 is 1.55. The van der Waals surface area contributed by atoms with E-state index >= 15 is 0 Å². The number of aromatic nitrogens is 1. The molecule has 26 heavy (non-hydrogen) atoms. The summed E-state index contributed by atoms with van der Waals surface area (Å²) in [5.41, 5.74) is 1.88. The number of urea groups is 1. The lowest BCUT2D eigenvalue weighted by Crippen LogP contribution is -2.53. The van der Waals surface area contributed by atoms with Crippen LogP contribution in [0, 0.1) is 0 Å². The van der Waals surface area contributed by atoms with Crippen molar-refractivity contribution in [3.05, 3.63) is 41.4 Å². The quantitative estimate of drug-likeness (QED) is 0.886. The number of thiazole rings is 1. The van der Waals surface area contributed by atoms with Crippen molar-refractivity contribution in [2.75, 3.05) is 33.8 Å². The van der Waals surface area contributed by atoms with Gasteiger partial charge < -0.3 is 19.9 Å². The first-order valence-corrected chi connectivity index (χ1v) is 9.28. The van der Waals surface area contributed by atoms with Gasteiger partial charge in [-0.05, 0) is 0 Å². The third-order valence-corrected chi connectivity index (χ3v) is 5.00. The van der Waals surface area contributed by atoms with E-state index in [1.807, 2.05) is 35.7 Å². The Kier molecular flexibility index (Phi) is 5.85. The molecule has 7 nitrogen and oxygen atoms in total. The summed E-state index contributed by atoms with van der Waals surface area (Å²) in [6.07, 6.45) is -0.603. The van der Waals surface area contributed by atoms with Gasteiger partial charge in [0.1, 0.15) is 5.01 Å². The summed E-state index contributed by atoms with van der Waals surface area (Å²) in [6, 6.07) is 9.73. The van der Waals surface area contributed by atoms with Crippen LogP contribution in [0.15, 0.2) is 35.7 Å². The minimum absolute atomic E-state index is 0.130. The van der Waals surface area contributed by atoms with Crippen molar-refractivity contribution in [2.45, 2.75) is 12.6 Å². The molecule has 1 saturated heterocycles. The van der Waals surface area contributed by atoms with E-state index < -0.39 is 6.10 Å². The molecule has 1 aromatic carbocycles. The fourth-order valence-corrected chi connectivity index (χ4v) is 3.48. The maximum Gasteiger partial charge on any atom is 0.317 e. The Morgan fingerprint density at radius 2 is 2.12 bits per heavy atom. The number of amides is 3. The van der Waals surface area contributed by atoms with Crippen LogP contribution >= 0.6 is 11.3 Å². The van der Waals surface area contributed by atoms with Crippen LogP contribution in [0.1, 0.15) is 5.69 Å². The summed E-state index contributed by atoms with van der Waals surface area (Å²) in [7, 11) is 3.36. The van der Waals surface area contributed by atoms with Crippen molar-refractivity contribution in [1.82, 2.24) is 20.1 Å². The number of rotatable bonds is 4. The second-order valence-corrected chi connectivity index (χ2v) is 7.06. The molecule has 8 heteroatoms. The largest absolute Gasteiger partial charge is 0.365 e. The molecule has 1 unspecified atom stereocenters. The molecular formula is C18H22N4O3S. The van der Waals surface area contributed by atoms with Crippen LogP contribution in [0.5, 0.6) is 0 Å². The third-order valence-electron chi connectivity index (χ3n) is 4.06. The molecule has 3 rings (SSSR count). The van der Waals surface area contributed by atoms with Gasteiger partial charge in [-0.15, -0.1) is 11.3 Å². The first kappa shape index (κ1) is 18.3. The number of hydrogen-bond acceptors (Lipinski definition) is 5. The van der Waals surface area contributed by atoms with Gasteiger partial charge in [-0.1, -0.05) is 30.3 Å². The van der Waals surface area contributed by atoms with E-state index in [0.717, 1.165) is 16.3 Å². The smallest absolute Gasteiger partial charge is 0.317 e. The highest BCUT2D eigenvalue weighted by molar-refractivity contribution is 7.13. The molecule has 1 fully saturated rings. The van der Waals surface area contributed by atoms with Gasteiger partial charge in [0.05, 0.1) is 25.4 Å². The number of morpholine rings is 1. The number of benzene rings is 1. The van der Waals surface area contributed by atoms with E-state index in [1.165, 1.54) is 4.90 Å². The minimum atomic E-state index is -0.603. The number of ether oxygens (including phenoxy) is 1. The molecule has 1 aromatic heterocycles. The molecule has 2 aromatic rings. The average molecular weight is 374 g/mol. The van der Waals surface area contributed by atoms with Crippen molar-refractivity contribution in [2.24, 2.45) is 0 Å². The first-order chi connectivity index (χ1) is 12.5. The molecule has 0 aliphatic carbocycles. The van der Waals surface area contributed by atoms with Gasteiger partial charge in [-0.25, -0.2) is 9.78 Å². The molecule has 1 aliphatic rings. The highest BCUT2D eigenvalue weighted by Crippen LogP contribution is 2.23. The molecule has 3 amide bonds. The highest BCUT2D eigenvalue weighted by atomic mass is 32.1. The number of carbonyl (C=O) groups is 2. The molecule has 0 saturated carbocycles. The number of likely N-dealkylation sites (N-methyl/N-ethyl adjacent to an activating group) is 1. The fourth-order valence-electron chi connectivity index (χ4n) is 2.65. The zero-order valence-corrected chi connectivity index (χ0v) is 15.7. The van der Waals surface area contributed by atoms with Crippen molar-refractivity contribution in [1.29, 1.82) is 0 Å². The molecule has 0 bridgehead atoms. The Morgan fingerprint density at radius 1 is 1.35 bits per heavy atom. The van der Waals surface area contributed by atoms with E-state index in [4.69, 9.17) is 4.74 Å². The Hall–Kier alpha value is -2.45. The Balaban J connectivity index is 1.54. The number of carbonyl (C=O) groups excluding carboxylic acids is 2. The fraction of sp³-hybridized carbons (Fsp3) is 0.389. The van der Waals surface area contributed by atoms with Crippen LogP contribution in [-0.2, 0) is 16.1 Å². The van der Waals surface area contributed by atoms with E-state index in [2.05, 4.69) is 10.3 Å². The second-order valence-electron chi connectivity index (χ2n) is 6.21. The van der Waals surface area contributed by atoms with Crippen LogP contribution in [0.3, 0.4) is 0 Å². The van der Waals surface area contributed by atoms with Gasteiger partial charge in [0, 0.05) is 31.6 Å². The van der Waals surface area contributed by atoms with Gasteiger partial charge in [0.2, 0.25) is 0 Å². The second kappa shape index (κ2) is 8.29. The molecular weight excluding hydrogens is 352 g/mol. The number of nitrogens with one attached hydrogen (secondary N) is 1. The molecule has 1 N–H and O–H groups in total. The molecule has 1 aliphatic heterocycles. The topological polar surface area (TPSA) is 74.8 Å². The predicted octanol–water partition coefficient (Wildman–Crippen LogP) is 1.81. The van der Waals surface area contributed by atoms with Crippen LogP contribution < -0.4 is 5.32 Å². The number of nitrogens with zero attached hydrogens (tertiary/aromatic N) is 3. The number of hydrogen-bond donors (Lipinski definition) is 1. The van der Waals surface area contributed by atoms with Crippen LogP contribution in [-0.4, -0.2) is 66.6 Å². The van der Waals surface area contributed by atoms with E-state index in [0.29, 0.717) is 19.7 Å². The standard InChI is InChI=1S/C18H22N4O3S/c1-21(2)17(23)15-11-22(8-9-25-15)18(24)19-10-14-12-26-16(20-14)13-6-4-3-5-7-13/h3-7,12,15H,8-11H2,1-2H3,(H,19,24). The molecule has 138 valence electrons. The molecule has 0 spiro atoms. The maximum atomic E-state index is 12.4. The summed E-state index contributed by atoms with van der Waals surface area (Å²) in [5.74, 6) is -0.130. The predicted molar refractivity (Wildman–Crippen MR) is 99.8 cm³/mol. The minimum Gasteiger partial charge on any atom is -0.365 e. The summed E-state index contributed by atoms with van der Waals surface area (Å²) in [6.45, 7) is 1.43. The van der Waals surface area contributed by atoms with Crippen LogP contribution in [0.4, 0.5) is 4.79 Å². The van der Waals surface area contributed by atoms with Crippen LogP contribution in [0.2, 0.25) is 0 Å². The van der Waals surface area contributed by atoms with E-state index in [-0.39, 0.29) is 18.5 Å². The van der Waals surface area contributed by atoms with Gasteiger partial charge in [0.25, 0.3) is 5.91 Å². The van der Waals surface area contributed by atoms with Gasteiger partial charge in [0.15, 0.2) is 6.10 Å². The van der Waals surface area contributed by atoms with Crippen molar-refractivity contribution in [3.63, 3.8) is 0 Å². The zero-order chi connectivity index (χ0) is 18.5. The summed E-state index contributed by atoms with van der Waals surface area (Å²) in [4.78, 5) is 32.1. The van der Waals surface area contributed by atoms with E-state index in [9.17, 15) is 9.59 Å². The van der Waals surface area contributed by atoms with Gasteiger partial charge in [-0.2, -0.15) is 0 Å². The SMILES string of the molecule is CN(C)C(=O)C1CN(C(=O)NCc2csc(-c3ccccc3)n2)CCO1. The lowest BCUT2D eigenvalue weighted by atomic mass is 10.2. The zero-order valence-electron chi connectivity index (χ0n) is 14.8. The summed E-state index contributed by atoms with van der Waals surface area (Å²) < 4.78 is 5.47. The maximum absolute atomic E-state index is 12.4. The summed E-state index contributed by atoms with van der Waals surface area (Å²) in [5, 5.41) is 5.75. The van der Waals surface area contributed by atoms with Crippen molar-refractivity contribution >= 4 is 23.3 Å². The molecule has 2 heterocycles. The third kappa shape index (κ3) is 4.39. The highest BCUT2D eigenvalue weighted by Gasteiger charge is 2.30. The van der Waals surface area contributed by atoms with Crippen molar-refractivity contribution < 1.29 is 14.3 Å². The van der Waals surface area contributed by atoms with Crippen LogP contribution in [0.25, 0.3) is 10.6 Å². The lowest BCUT2D eigenvalue weighted by molar-refractivity contribution is -0.145. The first-order valence-electron chi connectivity index (χ1n) is 8.40. The van der Waals surface area contributed by atoms with Gasteiger partial charge >= 0.3 is 6.03 Å². The monoisotopic (exact) mass is 374 g/mol. The van der Waals surface area contributed by atoms with Gasteiger partial charge in [-0.3, -0.25) is 4.79 Å². The lowest BCUT2D eigenvalue weighted by Gasteiger charge is -2.33. The average Bonchev–Trinajstić information content (AvgIpc) is 3.15. The molecule has 1 atom stereocenters. The Bertz CT molecular complexity index is 763. The Morgan fingerprint density at radius 3 is 2.85 bits per heavy atom. The van der Waals surface area contributed by atoms with Crippen molar-refractivity contribution in [3.8, 4) is 10.6 Å². The van der Waals surface area contributed by atoms with E-state index in [1.54, 1.807) is 30.3 Å². The molecule has 0 radical (unpaired) electrons. The Labute approximate surface area is 156 Å².